The fourth-order valence-electron chi connectivity index (χ4n) is 0.777. The number of carbonyl (C=O) groups excluding carboxylic acids is 1. The molecule has 0 saturated heterocycles. The molecule has 59 valence electrons. The summed E-state index contributed by atoms with van der Waals surface area (Å²) in [7, 11) is 3.53. The SMILES string of the molecule is CC[N+](CC)C(=O)N(C)C. The molecule has 3 nitrogen and oxygen atoms in total. The Kier molecular flexibility index (Phi) is 4.03. The Morgan fingerprint density at radius 2 is 1.70 bits per heavy atom. The van der Waals surface area contributed by atoms with Crippen LogP contribution in [-0.4, -0.2) is 38.1 Å². The molecule has 0 aliphatic rings. The Balaban J connectivity index is 3.89. The van der Waals surface area contributed by atoms with E-state index in [1.807, 2.05) is 13.8 Å². The van der Waals surface area contributed by atoms with Crippen molar-refractivity contribution in [3.63, 3.8) is 0 Å². The van der Waals surface area contributed by atoms with E-state index in [2.05, 4.69) is 0 Å². The highest BCUT2D eigenvalue weighted by molar-refractivity contribution is 5.76. The van der Waals surface area contributed by atoms with Gasteiger partial charge in [0.1, 0.15) is 13.1 Å². The average molecular weight is 144 g/mol. The molecule has 0 aliphatic heterocycles. The van der Waals surface area contributed by atoms with Crippen LogP contribution < -0.4 is 4.90 Å². The summed E-state index contributed by atoms with van der Waals surface area (Å²) in [6.07, 6.45) is 0. The largest absolute Gasteiger partial charge is 0.466 e. The summed E-state index contributed by atoms with van der Waals surface area (Å²) < 4.78 is 0. The number of amides is 2. The zero-order chi connectivity index (χ0) is 8.15. The van der Waals surface area contributed by atoms with E-state index in [-0.39, 0.29) is 6.03 Å². The topological polar surface area (TPSA) is 26.2 Å². The predicted octanol–water partition coefficient (Wildman–Crippen LogP) is 0.848. The summed E-state index contributed by atoms with van der Waals surface area (Å²) in [6.45, 7) is 5.52. The predicted molar refractivity (Wildman–Crippen MR) is 42.3 cm³/mol. The monoisotopic (exact) mass is 144 g/mol. The lowest BCUT2D eigenvalue weighted by atomic mass is 10.5. The lowest BCUT2D eigenvalue weighted by Crippen LogP contribution is -2.43. The molecule has 3 heteroatoms. The van der Waals surface area contributed by atoms with Gasteiger partial charge in [0.05, 0.1) is 0 Å². The molecule has 10 heavy (non-hydrogen) atoms. The number of hydrogen-bond donors (Lipinski definition) is 0. The number of urea groups is 1. The number of rotatable bonds is 2. The molecular formula is C7H16N2O+. The van der Waals surface area contributed by atoms with Gasteiger partial charge in [-0.1, -0.05) is 4.90 Å². The lowest BCUT2D eigenvalue weighted by molar-refractivity contribution is 0.200. The molecule has 1 radical (unpaired) electrons. The van der Waals surface area contributed by atoms with E-state index in [1.54, 1.807) is 23.9 Å². The molecule has 0 unspecified atom stereocenters. The normalized spacial score (nSPS) is 10.1. The molecule has 0 spiro atoms. The lowest BCUT2D eigenvalue weighted by Gasteiger charge is -2.10. The fraction of sp³-hybridized carbons (Fsp3) is 0.857. The van der Waals surface area contributed by atoms with Gasteiger partial charge in [0.25, 0.3) is 0 Å². The summed E-state index contributed by atoms with van der Waals surface area (Å²) in [4.78, 5) is 14.5. The second-order valence-electron chi connectivity index (χ2n) is 2.35. The van der Waals surface area contributed by atoms with Crippen LogP contribution in [-0.2, 0) is 0 Å². The van der Waals surface area contributed by atoms with Crippen LogP contribution in [0.4, 0.5) is 4.79 Å². The van der Waals surface area contributed by atoms with Crippen molar-refractivity contribution in [1.82, 2.24) is 9.80 Å². The highest BCUT2D eigenvalue weighted by atomic mass is 16.2. The van der Waals surface area contributed by atoms with Crippen molar-refractivity contribution in [2.75, 3.05) is 27.2 Å². The van der Waals surface area contributed by atoms with Crippen LogP contribution in [0.1, 0.15) is 13.8 Å². The van der Waals surface area contributed by atoms with E-state index in [9.17, 15) is 4.79 Å². The molecule has 0 heterocycles. The van der Waals surface area contributed by atoms with Gasteiger partial charge in [-0.2, -0.15) is 0 Å². The van der Waals surface area contributed by atoms with Crippen LogP contribution in [0.25, 0.3) is 0 Å². The van der Waals surface area contributed by atoms with Crippen molar-refractivity contribution in [3.8, 4) is 0 Å². The second kappa shape index (κ2) is 4.28. The summed E-state index contributed by atoms with van der Waals surface area (Å²) in [5.74, 6) is 0. The number of carbonyl (C=O) groups is 1. The number of hydrogen-bond acceptors (Lipinski definition) is 1. The zero-order valence-electron chi connectivity index (χ0n) is 7.22. The molecule has 0 fully saturated rings. The number of nitrogens with zero attached hydrogens (tertiary/aromatic N) is 2. The van der Waals surface area contributed by atoms with E-state index in [1.165, 1.54) is 0 Å². The molecule has 0 aromatic rings. The maximum Gasteiger partial charge on any atom is 0.466 e. The van der Waals surface area contributed by atoms with E-state index in [0.717, 1.165) is 13.1 Å². The standard InChI is InChI=1S/C7H16N2O/c1-5-9(6-2)7(10)8(3)4/h5-6H2,1-4H3/q+1. The minimum Gasteiger partial charge on any atom is -0.294 e. The van der Waals surface area contributed by atoms with Crippen LogP contribution >= 0.6 is 0 Å². The van der Waals surface area contributed by atoms with Crippen LogP contribution in [0, 0.1) is 0 Å². The molecule has 2 amide bonds. The first-order valence-electron chi connectivity index (χ1n) is 3.59. The molecular weight excluding hydrogens is 128 g/mol. The molecule has 0 rings (SSSR count). The van der Waals surface area contributed by atoms with Gasteiger partial charge in [0, 0.05) is 14.1 Å². The van der Waals surface area contributed by atoms with E-state index in [0.29, 0.717) is 0 Å². The molecule has 0 aliphatic carbocycles. The third-order valence-electron chi connectivity index (χ3n) is 1.42. The van der Waals surface area contributed by atoms with Crippen molar-refractivity contribution < 1.29 is 4.79 Å². The van der Waals surface area contributed by atoms with Crippen LogP contribution in [0.3, 0.4) is 0 Å². The van der Waals surface area contributed by atoms with Gasteiger partial charge in [-0.3, -0.25) is 4.90 Å². The quantitative estimate of drug-likeness (QED) is 0.528. The minimum absolute atomic E-state index is 0.0880. The fourth-order valence-corrected chi connectivity index (χ4v) is 0.777. The first-order chi connectivity index (χ1) is 4.63. The minimum atomic E-state index is 0.0880. The molecule has 0 atom stereocenters. The summed E-state index contributed by atoms with van der Waals surface area (Å²) >= 11 is 0. The van der Waals surface area contributed by atoms with Crippen LogP contribution in [0.2, 0.25) is 0 Å². The average Bonchev–Trinajstić information content (AvgIpc) is 1.90. The Morgan fingerprint density at radius 1 is 1.30 bits per heavy atom. The molecule has 0 aromatic carbocycles. The summed E-state index contributed by atoms with van der Waals surface area (Å²) in [5, 5.41) is 0. The van der Waals surface area contributed by atoms with Crippen LogP contribution in [0.5, 0.6) is 0 Å². The second-order valence-corrected chi connectivity index (χ2v) is 2.35. The molecule has 0 saturated carbocycles. The maximum absolute atomic E-state index is 11.2. The van der Waals surface area contributed by atoms with Crippen molar-refractivity contribution in [2.45, 2.75) is 13.8 Å². The van der Waals surface area contributed by atoms with Gasteiger partial charge < -0.3 is 0 Å². The van der Waals surface area contributed by atoms with Crippen molar-refractivity contribution >= 4 is 6.03 Å². The Hall–Kier alpha value is -0.570. The van der Waals surface area contributed by atoms with Crippen molar-refractivity contribution in [1.29, 1.82) is 0 Å². The van der Waals surface area contributed by atoms with E-state index < -0.39 is 0 Å². The maximum atomic E-state index is 11.2. The zero-order valence-corrected chi connectivity index (χ0v) is 7.22. The van der Waals surface area contributed by atoms with Crippen LogP contribution in [0.15, 0.2) is 0 Å². The molecule has 0 bridgehead atoms. The third-order valence-corrected chi connectivity index (χ3v) is 1.42. The van der Waals surface area contributed by atoms with Gasteiger partial charge in [0.15, 0.2) is 0 Å². The van der Waals surface area contributed by atoms with Gasteiger partial charge in [-0.15, -0.1) is 0 Å². The highest BCUT2D eigenvalue weighted by Crippen LogP contribution is 1.88. The highest BCUT2D eigenvalue weighted by Gasteiger charge is 2.22. The Bertz CT molecular complexity index is 108. The van der Waals surface area contributed by atoms with Gasteiger partial charge in [-0.05, 0) is 13.8 Å². The Morgan fingerprint density at radius 3 is 1.80 bits per heavy atom. The first kappa shape index (κ1) is 9.43. The summed E-state index contributed by atoms with van der Waals surface area (Å²) in [5.41, 5.74) is 0. The summed E-state index contributed by atoms with van der Waals surface area (Å²) in [6, 6.07) is 0.0880. The van der Waals surface area contributed by atoms with Gasteiger partial charge in [0.2, 0.25) is 0 Å². The Labute approximate surface area is 62.6 Å². The van der Waals surface area contributed by atoms with E-state index in [4.69, 9.17) is 0 Å². The molecule has 0 N–H and O–H groups in total. The first-order valence-corrected chi connectivity index (χ1v) is 3.59. The molecule has 0 aromatic heterocycles. The van der Waals surface area contributed by atoms with E-state index >= 15 is 0 Å². The third kappa shape index (κ3) is 2.35. The smallest absolute Gasteiger partial charge is 0.294 e. The van der Waals surface area contributed by atoms with Gasteiger partial charge in [-0.25, -0.2) is 4.79 Å². The van der Waals surface area contributed by atoms with Crippen molar-refractivity contribution in [2.24, 2.45) is 0 Å². The van der Waals surface area contributed by atoms with Gasteiger partial charge >= 0.3 is 6.03 Å². The van der Waals surface area contributed by atoms with Crippen molar-refractivity contribution in [3.05, 3.63) is 0 Å².